The van der Waals surface area contributed by atoms with Crippen LogP contribution in [0.5, 0.6) is 0 Å². The van der Waals surface area contributed by atoms with Gasteiger partial charge in [0.1, 0.15) is 5.60 Å². The number of nitrogens with zero attached hydrogens (tertiary/aromatic N) is 1. The Morgan fingerprint density at radius 1 is 1.09 bits per heavy atom. The van der Waals surface area contributed by atoms with Crippen molar-refractivity contribution in [2.75, 3.05) is 6.54 Å². The second-order valence-electron chi connectivity index (χ2n) is 8.91. The van der Waals surface area contributed by atoms with Crippen LogP contribution in [-0.4, -0.2) is 28.3 Å². The molecule has 170 valence electrons. The number of halogens is 1. The van der Waals surface area contributed by atoms with E-state index in [9.17, 15) is 9.90 Å². The van der Waals surface area contributed by atoms with Gasteiger partial charge in [-0.1, -0.05) is 54.8 Å². The maximum atomic E-state index is 11.7. The fraction of sp³-hybridized carbons (Fsp3) is 0.385. The Balaban J connectivity index is 1.60. The molecule has 0 saturated heterocycles. The Bertz CT molecular complexity index is 1050. The second kappa shape index (κ2) is 10.8. The quantitative estimate of drug-likeness (QED) is 0.372. The number of aliphatic hydroxyl groups is 1. The number of hydrogen-bond donors (Lipinski definition) is 2. The smallest absolute Gasteiger partial charge is 0.407 e. The topological polar surface area (TPSA) is 71.5 Å². The first-order valence-corrected chi connectivity index (χ1v) is 11.4. The highest BCUT2D eigenvalue weighted by Gasteiger charge is 2.16. The molecule has 0 aliphatic carbocycles. The summed E-state index contributed by atoms with van der Waals surface area (Å²) in [6, 6.07) is 17.4. The summed E-state index contributed by atoms with van der Waals surface area (Å²) >= 11 is 6.02. The summed E-state index contributed by atoms with van der Waals surface area (Å²) in [5.74, 6) is 0. The number of para-hydroxylation sites is 1. The molecule has 0 aliphatic heterocycles. The van der Waals surface area contributed by atoms with E-state index in [4.69, 9.17) is 21.3 Å². The lowest BCUT2D eigenvalue weighted by molar-refractivity contribution is 0.0526. The molecule has 2 aromatic carbocycles. The van der Waals surface area contributed by atoms with Gasteiger partial charge in [0.05, 0.1) is 17.3 Å². The number of hydrogen-bond acceptors (Lipinski definition) is 4. The van der Waals surface area contributed by atoms with Crippen LogP contribution >= 0.6 is 11.6 Å². The summed E-state index contributed by atoms with van der Waals surface area (Å²) in [5, 5.41) is 15.4. The Morgan fingerprint density at radius 2 is 1.81 bits per heavy atom. The molecule has 1 amide bonds. The number of alkyl carbamates (subject to hydrolysis) is 1. The largest absolute Gasteiger partial charge is 0.444 e. The molecule has 1 heterocycles. The van der Waals surface area contributed by atoms with Gasteiger partial charge < -0.3 is 15.2 Å². The van der Waals surface area contributed by atoms with Crippen LogP contribution in [0, 0.1) is 0 Å². The van der Waals surface area contributed by atoms with Gasteiger partial charge in [0.2, 0.25) is 0 Å². The third kappa shape index (κ3) is 6.94. The zero-order valence-electron chi connectivity index (χ0n) is 18.9. The SMILES string of the molecule is CC(C)(C)OC(=O)NCCCCCC(O)c1cc(-c2ccc(Cl)cc2)nc2ccccc12. The average molecular weight is 455 g/mol. The van der Waals surface area contributed by atoms with Crippen LogP contribution in [0.25, 0.3) is 22.2 Å². The van der Waals surface area contributed by atoms with Crippen molar-refractivity contribution in [3.63, 3.8) is 0 Å². The normalized spacial score (nSPS) is 12.5. The number of unbranched alkanes of at least 4 members (excludes halogenated alkanes) is 2. The lowest BCUT2D eigenvalue weighted by Gasteiger charge is -2.19. The molecule has 0 bridgehead atoms. The Kier molecular flexibility index (Phi) is 8.10. The zero-order chi connectivity index (χ0) is 23.1. The summed E-state index contributed by atoms with van der Waals surface area (Å²) in [6.45, 7) is 6.09. The first-order chi connectivity index (χ1) is 15.2. The van der Waals surface area contributed by atoms with E-state index in [1.165, 1.54) is 0 Å². The van der Waals surface area contributed by atoms with Crippen molar-refractivity contribution >= 4 is 28.6 Å². The highest BCUT2D eigenvalue weighted by atomic mass is 35.5. The lowest BCUT2D eigenvalue weighted by atomic mass is 9.97. The number of pyridine rings is 1. The monoisotopic (exact) mass is 454 g/mol. The first-order valence-electron chi connectivity index (χ1n) is 11.0. The van der Waals surface area contributed by atoms with Crippen molar-refractivity contribution < 1.29 is 14.6 Å². The molecular formula is C26H31ClN2O3. The van der Waals surface area contributed by atoms with Crippen LogP contribution in [0.3, 0.4) is 0 Å². The maximum absolute atomic E-state index is 11.7. The molecule has 0 spiro atoms. The van der Waals surface area contributed by atoms with E-state index >= 15 is 0 Å². The molecule has 6 heteroatoms. The highest BCUT2D eigenvalue weighted by molar-refractivity contribution is 6.30. The fourth-order valence-electron chi connectivity index (χ4n) is 3.55. The minimum Gasteiger partial charge on any atom is -0.444 e. The number of nitrogens with one attached hydrogen (secondary N) is 1. The molecule has 3 rings (SSSR count). The van der Waals surface area contributed by atoms with Gasteiger partial charge in [-0.15, -0.1) is 0 Å². The van der Waals surface area contributed by atoms with Gasteiger partial charge in [-0.05, 0) is 63.4 Å². The molecule has 0 saturated carbocycles. The predicted molar refractivity (Wildman–Crippen MR) is 130 cm³/mol. The number of benzene rings is 2. The number of carbonyl (C=O) groups excluding carboxylic acids is 1. The minimum absolute atomic E-state index is 0.393. The number of amides is 1. The third-order valence-corrected chi connectivity index (χ3v) is 5.32. The first kappa shape index (κ1) is 24.0. The van der Waals surface area contributed by atoms with Gasteiger partial charge in [-0.3, -0.25) is 0 Å². The Morgan fingerprint density at radius 3 is 2.53 bits per heavy atom. The standard InChI is InChI=1S/C26H31ClN2O3/c1-26(2,3)32-25(31)28-16-8-4-5-11-24(30)21-17-23(18-12-14-19(27)15-13-18)29-22-10-7-6-9-20(21)22/h6-7,9-10,12-15,17,24,30H,4-5,8,11,16H2,1-3H3,(H,28,31). The second-order valence-corrected chi connectivity index (χ2v) is 9.35. The Labute approximate surface area is 194 Å². The minimum atomic E-state index is -0.590. The summed E-state index contributed by atoms with van der Waals surface area (Å²) in [5.41, 5.74) is 3.02. The lowest BCUT2D eigenvalue weighted by Crippen LogP contribution is -2.32. The molecule has 1 atom stereocenters. The molecule has 3 aromatic rings. The van der Waals surface area contributed by atoms with E-state index in [2.05, 4.69) is 5.32 Å². The molecule has 1 aromatic heterocycles. The van der Waals surface area contributed by atoms with E-state index in [0.29, 0.717) is 18.0 Å². The van der Waals surface area contributed by atoms with Crippen LogP contribution in [0.1, 0.15) is 58.1 Å². The van der Waals surface area contributed by atoms with Crippen molar-refractivity contribution in [3.05, 3.63) is 65.2 Å². The molecular weight excluding hydrogens is 424 g/mol. The van der Waals surface area contributed by atoms with Crippen molar-refractivity contribution in [1.29, 1.82) is 0 Å². The van der Waals surface area contributed by atoms with E-state index < -0.39 is 17.8 Å². The van der Waals surface area contributed by atoms with Crippen molar-refractivity contribution in [3.8, 4) is 11.3 Å². The molecule has 0 radical (unpaired) electrons. The molecule has 0 aliphatic rings. The number of fused-ring (bicyclic) bond motifs is 1. The van der Waals surface area contributed by atoms with Gasteiger partial charge >= 0.3 is 6.09 Å². The molecule has 1 unspecified atom stereocenters. The number of rotatable bonds is 8. The van der Waals surface area contributed by atoms with Gasteiger partial charge in [0.15, 0.2) is 0 Å². The van der Waals surface area contributed by atoms with Crippen molar-refractivity contribution in [2.45, 2.75) is 58.2 Å². The van der Waals surface area contributed by atoms with Gasteiger partial charge in [-0.2, -0.15) is 0 Å². The van der Waals surface area contributed by atoms with E-state index in [0.717, 1.165) is 47.0 Å². The summed E-state index contributed by atoms with van der Waals surface area (Å²) < 4.78 is 5.23. The van der Waals surface area contributed by atoms with Crippen LogP contribution < -0.4 is 5.32 Å². The number of aromatic nitrogens is 1. The summed E-state index contributed by atoms with van der Waals surface area (Å²) in [6.07, 6.45) is 2.24. The van der Waals surface area contributed by atoms with Crippen LogP contribution in [0.15, 0.2) is 54.6 Å². The van der Waals surface area contributed by atoms with Gasteiger partial charge in [-0.25, -0.2) is 9.78 Å². The average Bonchev–Trinajstić information content (AvgIpc) is 2.74. The van der Waals surface area contributed by atoms with E-state index in [1.54, 1.807) is 0 Å². The summed E-state index contributed by atoms with van der Waals surface area (Å²) in [7, 11) is 0. The van der Waals surface area contributed by atoms with Crippen LogP contribution in [0.2, 0.25) is 5.02 Å². The summed E-state index contributed by atoms with van der Waals surface area (Å²) in [4.78, 5) is 16.5. The van der Waals surface area contributed by atoms with Crippen LogP contribution in [0.4, 0.5) is 4.79 Å². The molecule has 32 heavy (non-hydrogen) atoms. The predicted octanol–water partition coefficient (Wildman–Crippen LogP) is 6.67. The fourth-order valence-corrected chi connectivity index (χ4v) is 3.67. The zero-order valence-corrected chi connectivity index (χ0v) is 19.7. The van der Waals surface area contributed by atoms with E-state index in [1.807, 2.05) is 75.4 Å². The molecule has 2 N–H and O–H groups in total. The van der Waals surface area contributed by atoms with Crippen molar-refractivity contribution in [1.82, 2.24) is 10.3 Å². The number of ether oxygens (including phenoxy) is 1. The van der Waals surface area contributed by atoms with Crippen molar-refractivity contribution in [2.24, 2.45) is 0 Å². The molecule has 0 fully saturated rings. The number of aliphatic hydroxyl groups excluding tert-OH is 1. The van der Waals surface area contributed by atoms with E-state index in [-0.39, 0.29) is 0 Å². The molecule has 5 nitrogen and oxygen atoms in total. The Hall–Kier alpha value is -2.63. The maximum Gasteiger partial charge on any atom is 0.407 e. The van der Waals surface area contributed by atoms with Gasteiger partial charge in [0.25, 0.3) is 0 Å². The van der Waals surface area contributed by atoms with Crippen LogP contribution in [-0.2, 0) is 4.74 Å². The number of carbonyl (C=O) groups is 1. The van der Waals surface area contributed by atoms with Gasteiger partial charge in [0, 0.05) is 22.5 Å². The third-order valence-electron chi connectivity index (χ3n) is 5.07. The highest BCUT2D eigenvalue weighted by Crippen LogP contribution is 2.31.